The number of thiophene rings is 1. The summed E-state index contributed by atoms with van der Waals surface area (Å²) in [5.41, 5.74) is 5.67. The van der Waals surface area contributed by atoms with Gasteiger partial charge in [0, 0.05) is 12.1 Å². The summed E-state index contributed by atoms with van der Waals surface area (Å²) < 4.78 is 0. The van der Waals surface area contributed by atoms with Gasteiger partial charge in [0.2, 0.25) is 0 Å². The van der Waals surface area contributed by atoms with Gasteiger partial charge in [-0.25, -0.2) is 9.97 Å². The topological polar surface area (TPSA) is 63.8 Å². The monoisotopic (exact) mass is 236 g/mol. The van der Waals surface area contributed by atoms with Gasteiger partial charge in [0.1, 0.15) is 17.0 Å². The minimum absolute atomic E-state index is 0.108. The van der Waals surface area contributed by atoms with Gasteiger partial charge in [0.15, 0.2) is 0 Å². The van der Waals surface area contributed by atoms with Crippen LogP contribution in [0.15, 0.2) is 17.8 Å². The highest BCUT2D eigenvalue weighted by atomic mass is 32.1. The molecule has 0 fully saturated rings. The molecule has 0 saturated heterocycles. The number of fused-ring (bicyclic) bond motifs is 1. The van der Waals surface area contributed by atoms with Crippen LogP contribution in [0, 0.1) is 0 Å². The summed E-state index contributed by atoms with van der Waals surface area (Å²) in [4.78, 5) is 9.52. The van der Waals surface area contributed by atoms with Gasteiger partial charge >= 0.3 is 0 Å². The van der Waals surface area contributed by atoms with E-state index in [0.717, 1.165) is 22.5 Å². The first-order valence-corrected chi connectivity index (χ1v) is 6.23. The first-order chi connectivity index (χ1) is 7.68. The molecule has 0 spiro atoms. The summed E-state index contributed by atoms with van der Waals surface area (Å²) in [7, 11) is 0. The molecule has 2 aromatic rings. The molecule has 0 radical (unpaired) electrons. The van der Waals surface area contributed by atoms with Crippen LogP contribution in [0.5, 0.6) is 0 Å². The fourth-order valence-electron chi connectivity index (χ4n) is 1.46. The molecule has 16 heavy (non-hydrogen) atoms. The van der Waals surface area contributed by atoms with Gasteiger partial charge in [0.05, 0.1) is 5.39 Å². The molecule has 4 nitrogen and oxygen atoms in total. The van der Waals surface area contributed by atoms with Crippen molar-refractivity contribution < 1.29 is 0 Å². The second kappa shape index (κ2) is 4.35. The second-order valence-electron chi connectivity index (χ2n) is 4.11. The first-order valence-electron chi connectivity index (χ1n) is 5.35. The molecular weight excluding hydrogens is 220 g/mol. The van der Waals surface area contributed by atoms with Gasteiger partial charge in [-0.05, 0) is 24.8 Å². The molecule has 0 bridgehead atoms. The van der Waals surface area contributed by atoms with Crippen molar-refractivity contribution in [2.75, 3.05) is 11.9 Å². The summed E-state index contributed by atoms with van der Waals surface area (Å²) in [5, 5.41) is 6.51. The second-order valence-corrected chi connectivity index (χ2v) is 5.00. The van der Waals surface area contributed by atoms with Crippen LogP contribution in [-0.2, 0) is 0 Å². The first kappa shape index (κ1) is 11.3. The Labute approximate surface area is 98.9 Å². The van der Waals surface area contributed by atoms with Crippen LogP contribution in [0.4, 0.5) is 5.82 Å². The van der Waals surface area contributed by atoms with Crippen molar-refractivity contribution in [3.8, 4) is 0 Å². The van der Waals surface area contributed by atoms with Crippen LogP contribution < -0.4 is 11.1 Å². The van der Waals surface area contributed by atoms with E-state index in [1.165, 1.54) is 0 Å². The minimum Gasteiger partial charge on any atom is -0.363 e. The Morgan fingerprint density at radius 2 is 2.31 bits per heavy atom. The van der Waals surface area contributed by atoms with E-state index in [9.17, 15) is 0 Å². The average molecular weight is 236 g/mol. The zero-order valence-electron chi connectivity index (χ0n) is 9.53. The van der Waals surface area contributed by atoms with Crippen molar-refractivity contribution in [3.05, 3.63) is 17.8 Å². The average Bonchev–Trinajstić information content (AvgIpc) is 2.78. The molecule has 0 aliphatic carbocycles. The van der Waals surface area contributed by atoms with Crippen molar-refractivity contribution in [2.24, 2.45) is 5.73 Å². The lowest BCUT2D eigenvalue weighted by atomic mass is 9.99. The molecule has 0 aliphatic heterocycles. The third-order valence-electron chi connectivity index (χ3n) is 2.91. The van der Waals surface area contributed by atoms with Gasteiger partial charge in [-0.1, -0.05) is 6.92 Å². The fourth-order valence-corrected chi connectivity index (χ4v) is 2.19. The molecule has 2 heterocycles. The lowest BCUT2D eigenvalue weighted by Gasteiger charge is -2.28. The number of aromatic nitrogens is 2. The summed E-state index contributed by atoms with van der Waals surface area (Å²) in [6, 6.07) is 2.04. The normalized spacial score (nSPS) is 14.9. The van der Waals surface area contributed by atoms with Crippen LogP contribution in [0.2, 0.25) is 0 Å². The van der Waals surface area contributed by atoms with Gasteiger partial charge in [-0.3, -0.25) is 0 Å². The predicted molar refractivity (Wildman–Crippen MR) is 68.8 cm³/mol. The highest BCUT2D eigenvalue weighted by molar-refractivity contribution is 7.16. The Kier molecular flexibility index (Phi) is 3.07. The summed E-state index contributed by atoms with van der Waals surface area (Å²) in [6.07, 6.45) is 2.55. The SMILES string of the molecule is CCC(C)(CN)Nc1ncnc2sccc12. The molecule has 1 unspecified atom stereocenters. The van der Waals surface area contributed by atoms with E-state index in [0.29, 0.717) is 6.54 Å². The van der Waals surface area contributed by atoms with Crippen LogP contribution in [0.3, 0.4) is 0 Å². The van der Waals surface area contributed by atoms with Crippen LogP contribution in [-0.4, -0.2) is 22.1 Å². The molecular formula is C11H16N4S. The quantitative estimate of drug-likeness (QED) is 0.854. The number of hydrogen-bond acceptors (Lipinski definition) is 5. The Bertz CT molecular complexity index is 476. The third-order valence-corrected chi connectivity index (χ3v) is 3.73. The van der Waals surface area contributed by atoms with E-state index in [2.05, 4.69) is 29.1 Å². The Morgan fingerprint density at radius 1 is 1.50 bits per heavy atom. The number of nitrogens with two attached hydrogens (primary N) is 1. The standard InChI is InChI=1S/C11H16N4S/c1-3-11(2,6-12)15-9-8-4-5-16-10(8)14-7-13-9/h4-5,7H,3,6,12H2,1-2H3,(H,13,14,15). The smallest absolute Gasteiger partial charge is 0.138 e. The number of anilines is 1. The van der Waals surface area contributed by atoms with Crippen molar-refractivity contribution in [3.63, 3.8) is 0 Å². The molecule has 2 aromatic heterocycles. The van der Waals surface area contributed by atoms with E-state index in [1.807, 2.05) is 11.4 Å². The van der Waals surface area contributed by atoms with Crippen molar-refractivity contribution in [2.45, 2.75) is 25.8 Å². The van der Waals surface area contributed by atoms with Gasteiger partial charge < -0.3 is 11.1 Å². The molecule has 0 saturated carbocycles. The maximum absolute atomic E-state index is 5.78. The van der Waals surface area contributed by atoms with Gasteiger partial charge in [-0.2, -0.15) is 0 Å². The molecule has 2 rings (SSSR count). The fraction of sp³-hybridized carbons (Fsp3) is 0.455. The van der Waals surface area contributed by atoms with E-state index in [1.54, 1.807) is 17.7 Å². The van der Waals surface area contributed by atoms with Gasteiger partial charge in [-0.15, -0.1) is 11.3 Å². The van der Waals surface area contributed by atoms with E-state index < -0.39 is 0 Å². The Hall–Kier alpha value is -1.20. The maximum Gasteiger partial charge on any atom is 0.138 e. The summed E-state index contributed by atoms with van der Waals surface area (Å²) in [5.74, 6) is 0.876. The number of nitrogens with zero attached hydrogens (tertiary/aromatic N) is 2. The molecule has 86 valence electrons. The summed E-state index contributed by atoms with van der Waals surface area (Å²) >= 11 is 1.62. The van der Waals surface area contributed by atoms with Crippen molar-refractivity contribution in [1.29, 1.82) is 0 Å². The van der Waals surface area contributed by atoms with E-state index in [4.69, 9.17) is 5.73 Å². The molecule has 0 amide bonds. The molecule has 1 atom stereocenters. The van der Waals surface area contributed by atoms with Crippen molar-refractivity contribution >= 4 is 27.4 Å². The van der Waals surface area contributed by atoms with Crippen molar-refractivity contribution in [1.82, 2.24) is 9.97 Å². The minimum atomic E-state index is -0.108. The largest absolute Gasteiger partial charge is 0.363 e. The maximum atomic E-state index is 5.78. The Balaban J connectivity index is 2.37. The number of nitrogens with one attached hydrogen (secondary N) is 1. The molecule has 5 heteroatoms. The van der Waals surface area contributed by atoms with E-state index >= 15 is 0 Å². The lowest BCUT2D eigenvalue weighted by molar-refractivity contribution is 0.505. The molecule has 3 N–H and O–H groups in total. The van der Waals surface area contributed by atoms with Crippen LogP contribution in [0.25, 0.3) is 10.2 Å². The number of rotatable bonds is 4. The summed E-state index contributed by atoms with van der Waals surface area (Å²) in [6.45, 7) is 4.80. The molecule has 0 aliphatic rings. The highest BCUT2D eigenvalue weighted by Crippen LogP contribution is 2.26. The third kappa shape index (κ3) is 2.01. The molecule has 0 aromatic carbocycles. The highest BCUT2D eigenvalue weighted by Gasteiger charge is 2.21. The van der Waals surface area contributed by atoms with Crippen LogP contribution in [0.1, 0.15) is 20.3 Å². The zero-order valence-corrected chi connectivity index (χ0v) is 10.3. The van der Waals surface area contributed by atoms with E-state index in [-0.39, 0.29) is 5.54 Å². The number of hydrogen-bond donors (Lipinski definition) is 2. The lowest BCUT2D eigenvalue weighted by Crippen LogP contribution is -2.42. The van der Waals surface area contributed by atoms with Gasteiger partial charge in [0.25, 0.3) is 0 Å². The predicted octanol–water partition coefficient (Wildman–Crippen LogP) is 2.23. The zero-order chi connectivity index (χ0) is 11.6. The van der Waals surface area contributed by atoms with Crippen LogP contribution >= 0.6 is 11.3 Å². The Morgan fingerprint density at radius 3 is 3.00 bits per heavy atom.